The fourth-order valence-electron chi connectivity index (χ4n) is 2.01. The van der Waals surface area contributed by atoms with E-state index in [4.69, 9.17) is 0 Å². The lowest BCUT2D eigenvalue weighted by Gasteiger charge is -2.14. The van der Waals surface area contributed by atoms with E-state index in [2.05, 4.69) is 11.9 Å². The lowest BCUT2D eigenvalue weighted by atomic mass is 9.95. The van der Waals surface area contributed by atoms with Crippen molar-refractivity contribution in [2.24, 2.45) is 0 Å². The second-order valence-electron chi connectivity index (χ2n) is 4.38. The van der Waals surface area contributed by atoms with Crippen molar-refractivity contribution < 1.29 is 9.72 Å². The Kier molecular flexibility index (Phi) is 3.14. The molecule has 1 aromatic carbocycles. The van der Waals surface area contributed by atoms with Crippen LogP contribution in [0.2, 0.25) is 0 Å². The average molecular weight is 246 g/mol. The van der Waals surface area contributed by atoms with Gasteiger partial charge >= 0.3 is 0 Å². The fourth-order valence-corrected chi connectivity index (χ4v) is 2.01. The molecule has 1 saturated carbocycles. The van der Waals surface area contributed by atoms with Crippen molar-refractivity contribution in [3.8, 4) is 0 Å². The van der Waals surface area contributed by atoms with Gasteiger partial charge in [0, 0.05) is 18.7 Å². The topological polar surface area (TPSA) is 72.2 Å². The summed E-state index contributed by atoms with van der Waals surface area (Å²) in [4.78, 5) is 22.1. The summed E-state index contributed by atoms with van der Waals surface area (Å²) in [7, 11) is 0. The highest BCUT2D eigenvalue weighted by Gasteiger charge is 2.51. The number of rotatable bonds is 5. The SMILES string of the molecule is C=CCNC(=O)C1(c2ccc([N+](=O)[O-])cc2)CC1. The Bertz CT molecular complexity index is 489. The molecule has 1 aromatic rings. The van der Waals surface area contributed by atoms with Crippen molar-refractivity contribution >= 4 is 11.6 Å². The van der Waals surface area contributed by atoms with Crippen LogP contribution in [0, 0.1) is 10.1 Å². The zero-order chi connectivity index (χ0) is 13.2. The van der Waals surface area contributed by atoms with Gasteiger partial charge in [-0.25, -0.2) is 0 Å². The molecule has 1 fully saturated rings. The Balaban J connectivity index is 2.17. The van der Waals surface area contributed by atoms with Crippen molar-refractivity contribution in [3.05, 3.63) is 52.6 Å². The van der Waals surface area contributed by atoms with E-state index >= 15 is 0 Å². The molecule has 5 nitrogen and oxygen atoms in total. The number of nitro groups is 1. The summed E-state index contributed by atoms with van der Waals surface area (Å²) in [5.74, 6) is -0.0312. The van der Waals surface area contributed by atoms with Gasteiger partial charge in [0.25, 0.3) is 5.69 Å². The molecule has 94 valence electrons. The first-order valence-corrected chi connectivity index (χ1v) is 5.74. The minimum absolute atomic E-state index is 0.0312. The highest BCUT2D eigenvalue weighted by Crippen LogP contribution is 2.48. The lowest BCUT2D eigenvalue weighted by Crippen LogP contribution is -2.34. The standard InChI is InChI=1S/C13H14N2O3/c1-2-9-14-12(16)13(7-8-13)10-3-5-11(6-4-10)15(17)18/h2-6H,1,7-9H2,(H,14,16). The number of hydrogen-bond donors (Lipinski definition) is 1. The number of hydrogen-bond acceptors (Lipinski definition) is 3. The summed E-state index contributed by atoms with van der Waals surface area (Å²) >= 11 is 0. The minimum Gasteiger partial charge on any atom is -0.352 e. The van der Waals surface area contributed by atoms with Crippen LogP contribution in [-0.2, 0) is 10.2 Å². The minimum atomic E-state index is -0.488. The summed E-state index contributed by atoms with van der Waals surface area (Å²) in [6.45, 7) is 3.99. The first-order chi connectivity index (χ1) is 8.60. The van der Waals surface area contributed by atoms with Crippen LogP contribution in [0.3, 0.4) is 0 Å². The Hall–Kier alpha value is -2.17. The van der Waals surface area contributed by atoms with E-state index in [0.717, 1.165) is 18.4 Å². The molecule has 0 aliphatic heterocycles. The van der Waals surface area contributed by atoms with Gasteiger partial charge in [-0.2, -0.15) is 0 Å². The van der Waals surface area contributed by atoms with Crippen molar-refractivity contribution in [2.75, 3.05) is 6.54 Å². The molecule has 5 heteroatoms. The number of non-ortho nitro benzene ring substituents is 1. The largest absolute Gasteiger partial charge is 0.352 e. The van der Waals surface area contributed by atoms with E-state index in [0.29, 0.717) is 6.54 Å². The molecule has 0 bridgehead atoms. The molecular weight excluding hydrogens is 232 g/mol. The maximum Gasteiger partial charge on any atom is 0.269 e. The molecule has 1 amide bonds. The molecule has 0 atom stereocenters. The van der Waals surface area contributed by atoms with Crippen LogP contribution < -0.4 is 5.32 Å². The van der Waals surface area contributed by atoms with E-state index in [1.165, 1.54) is 12.1 Å². The van der Waals surface area contributed by atoms with Crippen molar-refractivity contribution in [3.63, 3.8) is 0 Å². The highest BCUT2D eigenvalue weighted by molar-refractivity contribution is 5.91. The second kappa shape index (κ2) is 4.60. The maximum absolute atomic E-state index is 12.0. The van der Waals surface area contributed by atoms with Gasteiger partial charge in [-0.3, -0.25) is 14.9 Å². The third kappa shape index (κ3) is 2.11. The number of amides is 1. The summed E-state index contributed by atoms with van der Waals surface area (Å²) < 4.78 is 0. The third-order valence-electron chi connectivity index (χ3n) is 3.22. The Morgan fingerprint density at radius 1 is 1.44 bits per heavy atom. The number of nitrogens with zero attached hydrogens (tertiary/aromatic N) is 1. The Morgan fingerprint density at radius 2 is 2.06 bits per heavy atom. The van der Waals surface area contributed by atoms with E-state index < -0.39 is 10.3 Å². The first-order valence-electron chi connectivity index (χ1n) is 5.74. The monoisotopic (exact) mass is 246 g/mol. The summed E-state index contributed by atoms with van der Waals surface area (Å²) in [5, 5.41) is 13.3. The van der Waals surface area contributed by atoms with Gasteiger partial charge in [0.1, 0.15) is 0 Å². The van der Waals surface area contributed by atoms with Gasteiger partial charge in [0.2, 0.25) is 5.91 Å². The molecule has 0 heterocycles. The molecule has 1 aliphatic rings. The zero-order valence-electron chi connectivity index (χ0n) is 9.89. The van der Waals surface area contributed by atoms with E-state index in [1.807, 2.05) is 0 Å². The fraction of sp³-hybridized carbons (Fsp3) is 0.308. The Morgan fingerprint density at radius 3 is 2.50 bits per heavy atom. The van der Waals surface area contributed by atoms with Crippen LogP contribution in [0.4, 0.5) is 5.69 Å². The van der Waals surface area contributed by atoms with Gasteiger partial charge in [-0.1, -0.05) is 18.2 Å². The smallest absolute Gasteiger partial charge is 0.269 e. The Labute approximate surface area is 105 Å². The van der Waals surface area contributed by atoms with Crippen LogP contribution in [0.25, 0.3) is 0 Å². The number of carbonyl (C=O) groups excluding carboxylic acids is 1. The van der Waals surface area contributed by atoms with Crippen LogP contribution in [-0.4, -0.2) is 17.4 Å². The molecule has 0 saturated heterocycles. The normalized spacial score (nSPS) is 15.8. The van der Waals surface area contributed by atoms with Gasteiger partial charge in [0.15, 0.2) is 0 Å². The number of carbonyl (C=O) groups is 1. The third-order valence-corrected chi connectivity index (χ3v) is 3.22. The number of nitro benzene ring substituents is 1. The van der Waals surface area contributed by atoms with Gasteiger partial charge in [-0.05, 0) is 18.4 Å². The second-order valence-corrected chi connectivity index (χ2v) is 4.38. The molecule has 1 N–H and O–H groups in total. The van der Waals surface area contributed by atoms with Crippen LogP contribution in [0.5, 0.6) is 0 Å². The highest BCUT2D eigenvalue weighted by atomic mass is 16.6. The van der Waals surface area contributed by atoms with Crippen LogP contribution >= 0.6 is 0 Å². The van der Waals surface area contributed by atoms with Crippen molar-refractivity contribution in [1.29, 1.82) is 0 Å². The summed E-state index contributed by atoms with van der Waals surface area (Å²) in [6.07, 6.45) is 3.20. The lowest BCUT2D eigenvalue weighted by molar-refractivity contribution is -0.384. The molecule has 0 spiro atoms. The van der Waals surface area contributed by atoms with Crippen LogP contribution in [0.15, 0.2) is 36.9 Å². The average Bonchev–Trinajstić information content (AvgIpc) is 3.17. The molecular formula is C13H14N2O3. The molecule has 2 rings (SSSR count). The molecule has 18 heavy (non-hydrogen) atoms. The van der Waals surface area contributed by atoms with Crippen molar-refractivity contribution in [1.82, 2.24) is 5.32 Å². The predicted molar refractivity (Wildman–Crippen MR) is 67.2 cm³/mol. The number of benzene rings is 1. The molecule has 0 unspecified atom stereocenters. The summed E-state index contributed by atoms with van der Waals surface area (Å²) in [5.41, 5.74) is 0.397. The van der Waals surface area contributed by atoms with Crippen molar-refractivity contribution in [2.45, 2.75) is 18.3 Å². The van der Waals surface area contributed by atoms with E-state index in [-0.39, 0.29) is 11.6 Å². The molecule has 1 aliphatic carbocycles. The van der Waals surface area contributed by atoms with Gasteiger partial charge in [-0.15, -0.1) is 6.58 Å². The van der Waals surface area contributed by atoms with Crippen LogP contribution in [0.1, 0.15) is 18.4 Å². The molecule has 0 radical (unpaired) electrons. The predicted octanol–water partition coefficient (Wildman–Crippen LogP) is 1.93. The quantitative estimate of drug-likeness (QED) is 0.490. The number of nitrogens with one attached hydrogen (secondary N) is 1. The van der Waals surface area contributed by atoms with Gasteiger partial charge in [0.05, 0.1) is 10.3 Å². The summed E-state index contributed by atoms with van der Waals surface area (Å²) in [6, 6.07) is 6.21. The first kappa shape index (κ1) is 12.3. The van der Waals surface area contributed by atoms with E-state index in [9.17, 15) is 14.9 Å². The van der Waals surface area contributed by atoms with Gasteiger partial charge < -0.3 is 5.32 Å². The molecule has 0 aromatic heterocycles. The zero-order valence-corrected chi connectivity index (χ0v) is 9.89. The van der Waals surface area contributed by atoms with E-state index in [1.54, 1.807) is 18.2 Å². The maximum atomic E-state index is 12.0.